The van der Waals surface area contributed by atoms with Crippen LogP contribution < -0.4 is 10.2 Å². The summed E-state index contributed by atoms with van der Waals surface area (Å²) in [5.74, 6) is 0.299. The van der Waals surface area contributed by atoms with E-state index in [9.17, 15) is 4.79 Å². The fourth-order valence-corrected chi connectivity index (χ4v) is 4.73. The van der Waals surface area contributed by atoms with Gasteiger partial charge in [0.05, 0.1) is 0 Å². The zero-order valence-electron chi connectivity index (χ0n) is 17.7. The first-order valence-corrected chi connectivity index (χ1v) is 11.6. The highest BCUT2D eigenvalue weighted by Gasteiger charge is 2.25. The van der Waals surface area contributed by atoms with Gasteiger partial charge in [-0.3, -0.25) is 9.69 Å². The number of amides is 1. The van der Waals surface area contributed by atoms with Gasteiger partial charge in [-0.05, 0) is 74.5 Å². The van der Waals surface area contributed by atoms with Crippen LogP contribution in [-0.4, -0.2) is 37.0 Å². The molecule has 5 heteroatoms. The van der Waals surface area contributed by atoms with Crippen molar-refractivity contribution in [3.63, 3.8) is 0 Å². The van der Waals surface area contributed by atoms with E-state index in [1.54, 1.807) is 0 Å². The first-order valence-electron chi connectivity index (χ1n) is 11.3. The molecule has 2 aliphatic heterocycles. The summed E-state index contributed by atoms with van der Waals surface area (Å²) in [5, 5.41) is 3.97. The van der Waals surface area contributed by atoms with Crippen molar-refractivity contribution < 1.29 is 4.79 Å². The number of nitrogens with zero attached hydrogens (tertiary/aromatic N) is 2. The predicted octanol–water partition coefficient (Wildman–Crippen LogP) is 4.86. The van der Waals surface area contributed by atoms with Crippen LogP contribution in [0.5, 0.6) is 0 Å². The highest BCUT2D eigenvalue weighted by molar-refractivity contribution is 6.31. The van der Waals surface area contributed by atoms with E-state index in [0.717, 1.165) is 56.2 Å². The van der Waals surface area contributed by atoms with E-state index in [1.807, 2.05) is 18.2 Å². The van der Waals surface area contributed by atoms with Crippen LogP contribution in [0.25, 0.3) is 0 Å². The second kappa shape index (κ2) is 10.3. The molecule has 2 saturated heterocycles. The monoisotopic (exact) mass is 425 g/mol. The van der Waals surface area contributed by atoms with Crippen LogP contribution in [0.3, 0.4) is 0 Å². The summed E-state index contributed by atoms with van der Waals surface area (Å²) in [6, 6.07) is 16.7. The number of piperidine rings is 2. The van der Waals surface area contributed by atoms with Crippen LogP contribution in [0.15, 0.2) is 48.5 Å². The molecule has 1 amide bonds. The molecule has 0 saturated carbocycles. The van der Waals surface area contributed by atoms with Gasteiger partial charge in [-0.2, -0.15) is 0 Å². The summed E-state index contributed by atoms with van der Waals surface area (Å²) >= 11 is 6.28. The lowest BCUT2D eigenvalue weighted by Crippen LogP contribution is -2.40. The lowest BCUT2D eigenvalue weighted by Gasteiger charge is -2.31. The van der Waals surface area contributed by atoms with E-state index in [4.69, 9.17) is 11.6 Å². The number of likely N-dealkylation sites (tertiary alicyclic amines) is 1. The minimum absolute atomic E-state index is 0.111. The molecular weight excluding hydrogens is 394 g/mol. The normalized spacial score (nSPS) is 18.4. The van der Waals surface area contributed by atoms with E-state index < -0.39 is 0 Å². The zero-order valence-corrected chi connectivity index (χ0v) is 18.4. The number of hydrogen-bond acceptors (Lipinski definition) is 3. The van der Waals surface area contributed by atoms with Crippen LogP contribution in [0.1, 0.15) is 43.2 Å². The Morgan fingerprint density at radius 2 is 1.63 bits per heavy atom. The third-order valence-electron chi connectivity index (χ3n) is 6.43. The van der Waals surface area contributed by atoms with Crippen LogP contribution in [-0.2, 0) is 17.9 Å². The Kier molecular flexibility index (Phi) is 7.29. The van der Waals surface area contributed by atoms with Crippen molar-refractivity contribution in [2.24, 2.45) is 5.92 Å². The first-order chi connectivity index (χ1) is 14.7. The highest BCUT2D eigenvalue weighted by atomic mass is 35.5. The van der Waals surface area contributed by atoms with Crippen molar-refractivity contribution in [2.45, 2.75) is 45.2 Å². The van der Waals surface area contributed by atoms with Gasteiger partial charge in [0.1, 0.15) is 0 Å². The van der Waals surface area contributed by atoms with Gasteiger partial charge < -0.3 is 10.2 Å². The van der Waals surface area contributed by atoms with Gasteiger partial charge in [0.15, 0.2) is 0 Å². The van der Waals surface area contributed by atoms with Crippen molar-refractivity contribution in [1.82, 2.24) is 10.2 Å². The second-order valence-electron chi connectivity index (χ2n) is 8.57. The Labute approximate surface area is 185 Å². The molecule has 2 aromatic rings. The Morgan fingerprint density at radius 3 is 2.33 bits per heavy atom. The molecule has 0 bridgehead atoms. The summed E-state index contributed by atoms with van der Waals surface area (Å²) in [6.45, 7) is 5.66. The van der Waals surface area contributed by atoms with E-state index in [2.05, 4.69) is 45.4 Å². The number of carbonyl (C=O) groups is 1. The third kappa shape index (κ3) is 5.55. The summed E-state index contributed by atoms with van der Waals surface area (Å²) in [6.07, 6.45) is 5.73. The Bertz CT molecular complexity index is 825. The third-order valence-corrected chi connectivity index (χ3v) is 6.80. The molecular formula is C25H32ClN3O. The quantitative estimate of drug-likeness (QED) is 0.717. The zero-order chi connectivity index (χ0) is 20.8. The van der Waals surface area contributed by atoms with Crippen LogP contribution >= 0.6 is 11.6 Å². The standard InChI is InChI=1S/C25H32ClN3O/c26-24-7-3-2-6-22(24)19-28-16-12-21(13-17-28)25(30)27-18-20-8-10-23(11-9-20)29-14-4-1-5-15-29/h2-3,6-11,21H,1,4-5,12-19H2,(H,27,30). The molecule has 30 heavy (non-hydrogen) atoms. The highest BCUT2D eigenvalue weighted by Crippen LogP contribution is 2.23. The summed E-state index contributed by atoms with van der Waals surface area (Å²) in [4.78, 5) is 17.5. The summed E-state index contributed by atoms with van der Waals surface area (Å²) in [7, 11) is 0. The molecule has 4 rings (SSSR count). The van der Waals surface area contributed by atoms with E-state index in [-0.39, 0.29) is 11.8 Å². The minimum atomic E-state index is 0.111. The fourth-order valence-electron chi connectivity index (χ4n) is 4.53. The lowest BCUT2D eigenvalue weighted by molar-refractivity contribution is -0.126. The molecule has 1 N–H and O–H groups in total. The number of benzene rings is 2. The van der Waals surface area contributed by atoms with Gasteiger partial charge in [-0.25, -0.2) is 0 Å². The maximum atomic E-state index is 12.6. The number of nitrogens with one attached hydrogen (secondary N) is 1. The number of rotatable bonds is 6. The van der Waals surface area contributed by atoms with Crippen LogP contribution in [0.2, 0.25) is 5.02 Å². The largest absolute Gasteiger partial charge is 0.372 e. The first kappa shape index (κ1) is 21.2. The fraction of sp³-hybridized carbons (Fsp3) is 0.480. The van der Waals surface area contributed by atoms with Gasteiger partial charge in [-0.1, -0.05) is 41.9 Å². The van der Waals surface area contributed by atoms with Gasteiger partial charge in [-0.15, -0.1) is 0 Å². The molecule has 2 aliphatic rings. The average Bonchev–Trinajstić information content (AvgIpc) is 2.80. The minimum Gasteiger partial charge on any atom is -0.372 e. The molecule has 0 atom stereocenters. The number of carbonyl (C=O) groups excluding carboxylic acids is 1. The lowest BCUT2D eigenvalue weighted by atomic mass is 9.95. The number of anilines is 1. The molecule has 160 valence electrons. The van der Waals surface area contributed by atoms with E-state index in [1.165, 1.54) is 30.5 Å². The van der Waals surface area contributed by atoms with Crippen molar-refractivity contribution in [3.05, 3.63) is 64.7 Å². The average molecular weight is 426 g/mol. The predicted molar refractivity (Wildman–Crippen MR) is 124 cm³/mol. The van der Waals surface area contributed by atoms with Crippen molar-refractivity contribution >= 4 is 23.2 Å². The van der Waals surface area contributed by atoms with Gasteiger partial charge in [0.2, 0.25) is 5.91 Å². The van der Waals surface area contributed by atoms with Crippen molar-refractivity contribution in [1.29, 1.82) is 0 Å². The van der Waals surface area contributed by atoms with Crippen LogP contribution in [0, 0.1) is 5.92 Å². The number of halogens is 1. The molecule has 2 aromatic carbocycles. The SMILES string of the molecule is O=C(NCc1ccc(N2CCCCC2)cc1)C1CCN(Cc2ccccc2Cl)CC1. The molecule has 0 aliphatic carbocycles. The molecule has 2 fully saturated rings. The molecule has 4 nitrogen and oxygen atoms in total. The maximum absolute atomic E-state index is 12.6. The molecule has 0 spiro atoms. The number of hydrogen-bond donors (Lipinski definition) is 1. The second-order valence-corrected chi connectivity index (χ2v) is 8.98. The van der Waals surface area contributed by atoms with Crippen LogP contribution in [0.4, 0.5) is 5.69 Å². The van der Waals surface area contributed by atoms with Crippen molar-refractivity contribution in [3.8, 4) is 0 Å². The van der Waals surface area contributed by atoms with E-state index in [0.29, 0.717) is 6.54 Å². The van der Waals surface area contributed by atoms with Gasteiger partial charge in [0.25, 0.3) is 0 Å². The molecule has 0 aromatic heterocycles. The Balaban J connectivity index is 1.21. The van der Waals surface area contributed by atoms with Crippen molar-refractivity contribution in [2.75, 3.05) is 31.1 Å². The summed E-state index contributed by atoms with van der Waals surface area (Å²) in [5.41, 5.74) is 3.63. The van der Waals surface area contributed by atoms with Gasteiger partial charge >= 0.3 is 0 Å². The summed E-state index contributed by atoms with van der Waals surface area (Å²) < 4.78 is 0. The maximum Gasteiger partial charge on any atom is 0.223 e. The Hall–Kier alpha value is -2.04. The Morgan fingerprint density at radius 1 is 0.933 bits per heavy atom. The smallest absolute Gasteiger partial charge is 0.223 e. The van der Waals surface area contributed by atoms with Gasteiger partial charge in [0, 0.05) is 42.8 Å². The topological polar surface area (TPSA) is 35.6 Å². The van der Waals surface area contributed by atoms with E-state index >= 15 is 0 Å². The molecule has 0 radical (unpaired) electrons. The molecule has 0 unspecified atom stereocenters. The molecule has 2 heterocycles.